The lowest BCUT2D eigenvalue weighted by molar-refractivity contribution is -0.125. The maximum Gasteiger partial charge on any atom is 0.151 e. The van der Waals surface area contributed by atoms with Crippen molar-refractivity contribution in [3.8, 4) is 0 Å². The molecule has 1 N–H and O–H groups in total. The molecule has 0 aromatic heterocycles. The van der Waals surface area contributed by atoms with E-state index in [1.54, 1.807) is 0 Å². The average Bonchev–Trinajstić information content (AvgIpc) is 2.01. The van der Waals surface area contributed by atoms with Crippen LogP contribution in [0.15, 0.2) is 0 Å². The second-order valence-electron chi connectivity index (χ2n) is 5.28. The highest BCUT2D eigenvalue weighted by Gasteiger charge is 2.22. The molecule has 0 aromatic carbocycles. The first-order valence-corrected chi connectivity index (χ1v) is 5.41. The molecule has 0 fully saturated rings. The van der Waals surface area contributed by atoms with Crippen LogP contribution in [0, 0.1) is 5.41 Å². The summed E-state index contributed by atoms with van der Waals surface area (Å²) in [6, 6.07) is 0. The van der Waals surface area contributed by atoms with Gasteiger partial charge in [-0.15, -0.1) is 0 Å². The molecule has 0 radical (unpaired) electrons. The molecule has 0 aliphatic carbocycles. The second-order valence-corrected chi connectivity index (χ2v) is 5.28. The number of hydrogen-bond acceptors (Lipinski definition) is 2. The van der Waals surface area contributed by atoms with Gasteiger partial charge in [0, 0.05) is 11.0 Å². The monoisotopic (exact) mass is 201 g/mol. The van der Waals surface area contributed by atoms with Crippen molar-refractivity contribution in [3.63, 3.8) is 0 Å². The molecule has 0 amide bonds. The lowest BCUT2D eigenvalue weighted by Crippen LogP contribution is -2.42. The highest BCUT2D eigenvalue weighted by Crippen LogP contribution is 2.14. The van der Waals surface area contributed by atoms with E-state index >= 15 is 0 Å². The minimum Gasteiger partial charge on any atom is -0.305 e. The molecule has 0 saturated heterocycles. The average molecular weight is 201 g/mol. The molecular weight excluding hydrogens is 174 g/mol. The summed E-state index contributed by atoms with van der Waals surface area (Å²) in [7, 11) is 0. The zero-order valence-electron chi connectivity index (χ0n) is 11.1. The van der Waals surface area contributed by atoms with E-state index < -0.39 is 0 Å². The standard InChI is InChI=1S/C10H21NO.C2H6/c1-9(2,3)8(12)7-11-10(4,5)6;1-2/h11H,7H2,1-6H3;1-2H3. The van der Waals surface area contributed by atoms with Crippen molar-refractivity contribution < 1.29 is 4.79 Å². The predicted octanol–water partition coefficient (Wildman–Crippen LogP) is 3.02. The quantitative estimate of drug-likeness (QED) is 0.744. The van der Waals surface area contributed by atoms with Crippen molar-refractivity contribution in [2.24, 2.45) is 5.41 Å². The number of carbonyl (C=O) groups excluding carboxylic acids is 1. The van der Waals surface area contributed by atoms with E-state index in [1.165, 1.54) is 0 Å². The van der Waals surface area contributed by atoms with E-state index in [0.717, 1.165) is 0 Å². The van der Waals surface area contributed by atoms with E-state index in [-0.39, 0.29) is 16.7 Å². The lowest BCUT2D eigenvalue weighted by atomic mass is 9.90. The topological polar surface area (TPSA) is 29.1 Å². The van der Waals surface area contributed by atoms with Crippen LogP contribution in [0.2, 0.25) is 0 Å². The van der Waals surface area contributed by atoms with Gasteiger partial charge in [-0.3, -0.25) is 4.79 Å². The van der Waals surface area contributed by atoms with Crippen molar-refractivity contribution in [2.75, 3.05) is 6.54 Å². The summed E-state index contributed by atoms with van der Waals surface area (Å²) in [5.41, 5.74) is -0.195. The minimum absolute atomic E-state index is 0.0287. The summed E-state index contributed by atoms with van der Waals surface area (Å²) in [6.07, 6.45) is 0. The molecule has 0 atom stereocenters. The van der Waals surface area contributed by atoms with Gasteiger partial charge in [0.2, 0.25) is 0 Å². The first-order valence-electron chi connectivity index (χ1n) is 5.41. The van der Waals surface area contributed by atoms with Crippen molar-refractivity contribution in [3.05, 3.63) is 0 Å². The van der Waals surface area contributed by atoms with Gasteiger partial charge in [-0.1, -0.05) is 34.6 Å². The van der Waals surface area contributed by atoms with Crippen LogP contribution in [0.25, 0.3) is 0 Å². The SMILES string of the molecule is CC.CC(C)(C)NCC(=O)C(C)(C)C. The number of Topliss-reactive ketones (excluding diaryl/α,β-unsaturated/α-hetero) is 1. The van der Waals surface area contributed by atoms with E-state index in [1.807, 2.05) is 34.6 Å². The Kier molecular flexibility index (Phi) is 7.09. The molecule has 2 heteroatoms. The van der Waals surface area contributed by atoms with Gasteiger partial charge in [-0.2, -0.15) is 0 Å². The summed E-state index contributed by atoms with van der Waals surface area (Å²) in [5.74, 6) is 0.262. The fraction of sp³-hybridized carbons (Fsp3) is 0.917. The zero-order chi connectivity index (χ0) is 12.0. The van der Waals surface area contributed by atoms with Crippen LogP contribution >= 0.6 is 0 Å². The summed E-state index contributed by atoms with van der Waals surface area (Å²) in [6.45, 7) is 16.5. The Morgan fingerprint density at radius 2 is 1.36 bits per heavy atom. The van der Waals surface area contributed by atoms with Crippen LogP contribution in [0.3, 0.4) is 0 Å². The van der Waals surface area contributed by atoms with Crippen LogP contribution in [0.4, 0.5) is 0 Å². The minimum atomic E-state index is -0.224. The number of ketones is 1. The Balaban J connectivity index is 0. The Bertz CT molecular complexity index is 160. The van der Waals surface area contributed by atoms with Gasteiger partial charge >= 0.3 is 0 Å². The summed E-state index contributed by atoms with van der Waals surface area (Å²) in [5, 5.41) is 3.18. The highest BCUT2D eigenvalue weighted by atomic mass is 16.1. The molecule has 0 spiro atoms. The number of rotatable bonds is 2. The summed E-state index contributed by atoms with van der Waals surface area (Å²) < 4.78 is 0. The molecule has 14 heavy (non-hydrogen) atoms. The first-order chi connectivity index (χ1) is 6.13. The van der Waals surface area contributed by atoms with Gasteiger partial charge in [0.15, 0.2) is 5.78 Å². The summed E-state index contributed by atoms with van der Waals surface area (Å²) in [4.78, 5) is 11.4. The van der Waals surface area contributed by atoms with Crippen LogP contribution in [-0.2, 0) is 4.79 Å². The summed E-state index contributed by atoms with van der Waals surface area (Å²) >= 11 is 0. The largest absolute Gasteiger partial charge is 0.305 e. The fourth-order valence-electron chi connectivity index (χ4n) is 0.611. The fourth-order valence-corrected chi connectivity index (χ4v) is 0.611. The van der Waals surface area contributed by atoms with Crippen molar-refractivity contribution in [1.82, 2.24) is 5.32 Å². The van der Waals surface area contributed by atoms with E-state index in [4.69, 9.17) is 0 Å². The van der Waals surface area contributed by atoms with Crippen LogP contribution < -0.4 is 5.32 Å². The molecule has 0 aliphatic rings. The Morgan fingerprint density at radius 1 is 1.00 bits per heavy atom. The Hall–Kier alpha value is -0.370. The first kappa shape index (κ1) is 16.1. The lowest BCUT2D eigenvalue weighted by Gasteiger charge is -2.23. The van der Waals surface area contributed by atoms with E-state index in [0.29, 0.717) is 6.54 Å². The predicted molar refractivity (Wildman–Crippen MR) is 63.6 cm³/mol. The second kappa shape index (κ2) is 6.18. The van der Waals surface area contributed by atoms with E-state index in [2.05, 4.69) is 26.1 Å². The van der Waals surface area contributed by atoms with Gasteiger partial charge in [0.25, 0.3) is 0 Å². The molecule has 0 aromatic rings. The maximum absolute atomic E-state index is 11.4. The van der Waals surface area contributed by atoms with Gasteiger partial charge < -0.3 is 5.32 Å². The molecular formula is C12H27NO. The van der Waals surface area contributed by atoms with E-state index in [9.17, 15) is 4.79 Å². The molecule has 0 aliphatic heterocycles. The molecule has 0 saturated carbocycles. The van der Waals surface area contributed by atoms with Crippen LogP contribution in [0.1, 0.15) is 55.4 Å². The van der Waals surface area contributed by atoms with Gasteiger partial charge in [-0.05, 0) is 20.8 Å². The third kappa shape index (κ3) is 9.72. The third-order valence-corrected chi connectivity index (χ3v) is 1.62. The number of hydrogen-bond donors (Lipinski definition) is 1. The number of nitrogens with one attached hydrogen (secondary N) is 1. The molecule has 0 rings (SSSR count). The van der Waals surface area contributed by atoms with Gasteiger partial charge in [-0.25, -0.2) is 0 Å². The van der Waals surface area contributed by atoms with Gasteiger partial charge in [0.05, 0.1) is 6.54 Å². The molecule has 86 valence electrons. The van der Waals surface area contributed by atoms with Crippen molar-refractivity contribution in [2.45, 2.75) is 60.9 Å². The normalized spacial score (nSPS) is 11.7. The third-order valence-electron chi connectivity index (χ3n) is 1.62. The smallest absolute Gasteiger partial charge is 0.151 e. The Morgan fingerprint density at radius 3 is 1.57 bits per heavy atom. The number of carbonyl (C=O) groups is 1. The van der Waals surface area contributed by atoms with Crippen LogP contribution in [-0.4, -0.2) is 17.9 Å². The highest BCUT2D eigenvalue weighted by molar-refractivity contribution is 5.85. The van der Waals surface area contributed by atoms with Crippen molar-refractivity contribution >= 4 is 5.78 Å². The Labute approximate surface area is 89.5 Å². The molecule has 0 heterocycles. The molecule has 0 bridgehead atoms. The molecule has 0 unspecified atom stereocenters. The molecule has 2 nitrogen and oxygen atoms in total. The zero-order valence-corrected chi connectivity index (χ0v) is 11.1. The van der Waals surface area contributed by atoms with Crippen molar-refractivity contribution in [1.29, 1.82) is 0 Å². The maximum atomic E-state index is 11.4. The van der Waals surface area contributed by atoms with Crippen LogP contribution in [0.5, 0.6) is 0 Å². The van der Waals surface area contributed by atoms with Gasteiger partial charge in [0.1, 0.15) is 0 Å².